The van der Waals surface area contributed by atoms with E-state index in [1.807, 2.05) is 21.0 Å². The Balaban J connectivity index is 1.66. The van der Waals surface area contributed by atoms with Gasteiger partial charge in [-0.25, -0.2) is 0 Å². The molecule has 4 rings (SSSR count). The monoisotopic (exact) mass is 341 g/mol. The summed E-state index contributed by atoms with van der Waals surface area (Å²) in [6.45, 7) is 2.58. The first-order valence-electron chi connectivity index (χ1n) is 8.69. The fraction of sp³-hybridized carbons (Fsp3) is 0.474. The first kappa shape index (κ1) is 16.3. The molecule has 1 aromatic carbocycles. The van der Waals surface area contributed by atoms with Crippen LogP contribution in [0.3, 0.4) is 0 Å². The lowest BCUT2D eigenvalue weighted by molar-refractivity contribution is -0.0664. The Morgan fingerprint density at radius 2 is 2.16 bits per heavy atom. The molecule has 132 valence electrons. The number of aromatic amines is 1. The number of hydrogen-bond donors (Lipinski definition) is 2. The lowest BCUT2D eigenvalue weighted by Crippen LogP contribution is -2.69. The van der Waals surface area contributed by atoms with E-state index in [-0.39, 0.29) is 29.5 Å². The number of aromatic nitrogens is 1. The van der Waals surface area contributed by atoms with Crippen molar-refractivity contribution in [2.45, 2.75) is 31.5 Å². The van der Waals surface area contributed by atoms with Crippen LogP contribution in [0.15, 0.2) is 29.1 Å². The number of fused-ring (bicyclic) bond motifs is 2. The Hall–Kier alpha value is -2.18. The Morgan fingerprint density at radius 3 is 2.92 bits per heavy atom. The standard InChI is InChI=1S/C19H23N3O3/c1-10-9-14(23)11-5-4-6-13(15(11)20-10)19(24)21-16-12-7-8-25-18(12)17(16)22(2)3/h4-6,9,12,16-18H,7-8H2,1-3H3,(H,20,23)(H,21,24)/t12-,16+,17-,18-/m1/s1. The first-order valence-corrected chi connectivity index (χ1v) is 8.69. The predicted molar refractivity (Wildman–Crippen MR) is 95.9 cm³/mol. The van der Waals surface area contributed by atoms with Gasteiger partial charge in [0.1, 0.15) is 0 Å². The Kier molecular flexibility index (Phi) is 3.89. The van der Waals surface area contributed by atoms with Crippen molar-refractivity contribution in [3.8, 4) is 0 Å². The van der Waals surface area contributed by atoms with Crippen LogP contribution in [-0.4, -0.2) is 54.7 Å². The lowest BCUT2D eigenvalue weighted by atomic mass is 9.71. The fourth-order valence-electron chi connectivity index (χ4n) is 4.30. The summed E-state index contributed by atoms with van der Waals surface area (Å²) in [6, 6.07) is 7.08. The molecular weight excluding hydrogens is 318 g/mol. The normalized spacial score (nSPS) is 28.0. The van der Waals surface area contributed by atoms with Gasteiger partial charge in [-0.1, -0.05) is 6.07 Å². The van der Waals surface area contributed by atoms with Crippen molar-refractivity contribution >= 4 is 16.8 Å². The van der Waals surface area contributed by atoms with E-state index in [2.05, 4.69) is 15.2 Å². The van der Waals surface area contributed by atoms with Gasteiger partial charge in [-0.3, -0.25) is 9.59 Å². The summed E-state index contributed by atoms with van der Waals surface area (Å²) in [5.41, 5.74) is 1.79. The molecule has 2 aromatic rings. The van der Waals surface area contributed by atoms with E-state index in [0.717, 1.165) is 18.7 Å². The number of pyridine rings is 1. The third-order valence-corrected chi connectivity index (χ3v) is 5.49. The number of likely N-dealkylation sites (N-methyl/N-ethyl adjacent to an activating group) is 1. The third-order valence-electron chi connectivity index (χ3n) is 5.49. The van der Waals surface area contributed by atoms with E-state index in [4.69, 9.17) is 4.74 Å². The average molecular weight is 341 g/mol. The number of ether oxygens (including phenoxy) is 1. The number of carbonyl (C=O) groups is 1. The lowest BCUT2D eigenvalue weighted by Gasteiger charge is -2.50. The maximum Gasteiger partial charge on any atom is 0.253 e. The summed E-state index contributed by atoms with van der Waals surface area (Å²) in [5, 5.41) is 3.72. The van der Waals surface area contributed by atoms with Gasteiger partial charge in [-0.15, -0.1) is 0 Å². The van der Waals surface area contributed by atoms with Gasteiger partial charge in [0.25, 0.3) is 5.91 Å². The topological polar surface area (TPSA) is 74.4 Å². The minimum atomic E-state index is -0.144. The third kappa shape index (κ3) is 2.56. The number of para-hydroxylation sites is 1. The van der Waals surface area contributed by atoms with Crippen molar-refractivity contribution in [1.82, 2.24) is 15.2 Å². The second-order valence-corrected chi connectivity index (χ2v) is 7.29. The average Bonchev–Trinajstić information content (AvgIpc) is 2.95. The van der Waals surface area contributed by atoms with Crippen LogP contribution in [0.1, 0.15) is 22.5 Å². The van der Waals surface area contributed by atoms with Crippen LogP contribution in [0, 0.1) is 12.8 Å². The van der Waals surface area contributed by atoms with E-state index >= 15 is 0 Å². The maximum atomic E-state index is 12.9. The zero-order chi connectivity index (χ0) is 17.7. The van der Waals surface area contributed by atoms with Crippen LogP contribution in [0.25, 0.3) is 10.9 Å². The van der Waals surface area contributed by atoms with E-state index in [1.54, 1.807) is 24.3 Å². The number of nitrogens with zero attached hydrogens (tertiary/aromatic N) is 1. The van der Waals surface area contributed by atoms with Crippen molar-refractivity contribution in [3.63, 3.8) is 0 Å². The molecule has 1 saturated heterocycles. The summed E-state index contributed by atoms with van der Waals surface area (Å²) < 4.78 is 5.80. The summed E-state index contributed by atoms with van der Waals surface area (Å²) in [6.07, 6.45) is 1.18. The molecule has 2 heterocycles. The molecule has 1 aliphatic heterocycles. The number of amides is 1. The summed E-state index contributed by atoms with van der Waals surface area (Å²) in [4.78, 5) is 30.4. The molecule has 1 amide bonds. The molecule has 1 aliphatic carbocycles. The van der Waals surface area contributed by atoms with Crippen LogP contribution >= 0.6 is 0 Å². The molecule has 2 aliphatic rings. The highest BCUT2D eigenvalue weighted by molar-refractivity contribution is 6.05. The smallest absolute Gasteiger partial charge is 0.253 e. The molecule has 1 aromatic heterocycles. The largest absolute Gasteiger partial charge is 0.376 e. The van der Waals surface area contributed by atoms with Crippen molar-refractivity contribution in [1.29, 1.82) is 0 Å². The van der Waals surface area contributed by atoms with Crippen molar-refractivity contribution in [3.05, 3.63) is 45.7 Å². The Bertz CT molecular complexity index is 889. The summed E-state index contributed by atoms with van der Waals surface area (Å²) >= 11 is 0. The highest BCUT2D eigenvalue weighted by atomic mass is 16.5. The summed E-state index contributed by atoms with van der Waals surface area (Å²) in [5.74, 6) is 0.223. The molecule has 1 saturated carbocycles. The summed E-state index contributed by atoms with van der Waals surface area (Å²) in [7, 11) is 4.03. The van der Waals surface area contributed by atoms with Gasteiger partial charge in [0.2, 0.25) is 0 Å². The maximum absolute atomic E-state index is 12.9. The van der Waals surface area contributed by atoms with Gasteiger partial charge in [0, 0.05) is 29.7 Å². The van der Waals surface area contributed by atoms with Crippen molar-refractivity contribution in [2.75, 3.05) is 20.7 Å². The van der Waals surface area contributed by atoms with Gasteiger partial charge in [-0.2, -0.15) is 0 Å². The van der Waals surface area contributed by atoms with Gasteiger partial charge in [-0.05, 0) is 39.6 Å². The molecule has 6 nitrogen and oxygen atoms in total. The van der Waals surface area contributed by atoms with E-state index in [9.17, 15) is 9.59 Å². The van der Waals surface area contributed by atoms with Crippen LogP contribution in [0.2, 0.25) is 0 Å². The van der Waals surface area contributed by atoms with E-state index in [1.165, 1.54) is 0 Å². The molecule has 2 N–H and O–H groups in total. The zero-order valence-corrected chi connectivity index (χ0v) is 14.7. The number of H-pyrrole nitrogens is 1. The van der Waals surface area contributed by atoms with Crippen molar-refractivity contribution in [2.24, 2.45) is 5.92 Å². The molecule has 2 fully saturated rings. The number of rotatable bonds is 3. The predicted octanol–water partition coefficient (Wildman–Crippen LogP) is 1.28. The van der Waals surface area contributed by atoms with Gasteiger partial charge >= 0.3 is 0 Å². The number of hydrogen-bond acceptors (Lipinski definition) is 4. The molecule has 0 radical (unpaired) electrons. The first-order chi connectivity index (χ1) is 12.0. The number of benzene rings is 1. The fourth-order valence-corrected chi connectivity index (χ4v) is 4.30. The van der Waals surface area contributed by atoms with Crippen LogP contribution in [-0.2, 0) is 4.74 Å². The minimum absolute atomic E-state index is 0.0695. The highest BCUT2D eigenvalue weighted by Crippen LogP contribution is 2.41. The quantitative estimate of drug-likeness (QED) is 0.882. The molecule has 0 spiro atoms. The van der Waals surface area contributed by atoms with Crippen LogP contribution in [0.5, 0.6) is 0 Å². The van der Waals surface area contributed by atoms with Crippen LogP contribution < -0.4 is 10.7 Å². The van der Waals surface area contributed by atoms with Crippen molar-refractivity contribution < 1.29 is 9.53 Å². The second kappa shape index (κ2) is 5.97. The molecule has 4 atom stereocenters. The SMILES string of the molecule is Cc1cc(=O)c2cccc(C(=O)N[C@H]3[C@H]4CCO[C@H]4[C@@H]3N(C)C)c2[nH]1. The molecule has 0 bridgehead atoms. The van der Waals surface area contributed by atoms with Gasteiger partial charge in [0.15, 0.2) is 5.43 Å². The number of aryl methyl sites for hydroxylation is 1. The Morgan fingerprint density at radius 1 is 1.36 bits per heavy atom. The van der Waals surface area contributed by atoms with Gasteiger partial charge < -0.3 is 19.9 Å². The second-order valence-electron chi connectivity index (χ2n) is 7.29. The van der Waals surface area contributed by atoms with E-state index < -0.39 is 0 Å². The molecule has 25 heavy (non-hydrogen) atoms. The Labute approximate surface area is 146 Å². The highest BCUT2D eigenvalue weighted by Gasteiger charge is 2.55. The number of nitrogens with one attached hydrogen (secondary N) is 2. The zero-order valence-electron chi connectivity index (χ0n) is 14.7. The van der Waals surface area contributed by atoms with E-state index in [0.29, 0.717) is 22.4 Å². The molecular formula is C19H23N3O3. The number of carbonyl (C=O) groups excluding carboxylic acids is 1. The molecule has 0 unspecified atom stereocenters. The minimum Gasteiger partial charge on any atom is -0.376 e. The van der Waals surface area contributed by atoms with Gasteiger partial charge in [0.05, 0.1) is 29.3 Å². The van der Waals surface area contributed by atoms with Crippen LogP contribution in [0.4, 0.5) is 0 Å². The molecule has 6 heteroatoms.